The van der Waals surface area contributed by atoms with E-state index in [1.54, 1.807) is 29.3 Å². The summed E-state index contributed by atoms with van der Waals surface area (Å²) in [4.78, 5) is 35.8. The highest BCUT2D eigenvalue weighted by Gasteiger charge is 2.36. The molecule has 1 N–H and O–H groups in total. The Balaban J connectivity index is 1.35. The molecule has 1 aromatic heterocycles. The van der Waals surface area contributed by atoms with Gasteiger partial charge in [-0.3, -0.25) is 9.88 Å². The summed E-state index contributed by atoms with van der Waals surface area (Å²) in [6, 6.07) is 17.3. The molecule has 11 heteroatoms. The first-order valence-electron chi connectivity index (χ1n) is 13.3. The minimum absolute atomic E-state index is 0.0185. The van der Waals surface area contributed by atoms with Crippen LogP contribution in [-0.2, 0) is 0 Å². The maximum absolute atomic E-state index is 15.2. The number of ether oxygens (including phenoxy) is 3. The lowest BCUT2D eigenvalue weighted by Gasteiger charge is -2.39. The minimum Gasteiger partial charge on any atom is -0.493 e. The lowest BCUT2D eigenvalue weighted by molar-refractivity contribution is 0.172. The summed E-state index contributed by atoms with van der Waals surface area (Å²) < 4.78 is 31.9. The molecule has 1 aliphatic heterocycles. The van der Waals surface area contributed by atoms with Crippen molar-refractivity contribution < 1.29 is 28.2 Å². The SMILES string of the molecule is COc1cc2nccc(Oc3ccc(NC(=O)N4CC(CN(C)C)CN(c5ccccc5)C4=O)cc3F)c2cc1OC. The Kier molecular flexibility index (Phi) is 8.39. The Labute approximate surface area is 243 Å². The molecule has 218 valence electrons. The second-order valence-electron chi connectivity index (χ2n) is 10.2. The van der Waals surface area contributed by atoms with Crippen LogP contribution in [0.25, 0.3) is 10.9 Å². The van der Waals surface area contributed by atoms with E-state index in [1.807, 2.05) is 49.3 Å². The number of rotatable bonds is 8. The molecule has 0 aliphatic carbocycles. The van der Waals surface area contributed by atoms with Crippen LogP contribution in [0.3, 0.4) is 0 Å². The standard InChI is InChI=1S/C31H32FN5O5/c1-35(2)17-20-18-36(22-8-6-5-7-9-22)31(39)37(19-20)30(38)34-21-10-11-27(24(32)14-21)42-26-12-13-33-25-16-29(41-4)28(40-3)15-23(25)26/h5-16,20H,17-19H2,1-4H3,(H,34,38). The Morgan fingerprint density at radius 3 is 2.40 bits per heavy atom. The van der Waals surface area contributed by atoms with Crippen LogP contribution in [0, 0.1) is 11.7 Å². The summed E-state index contributed by atoms with van der Waals surface area (Å²) in [7, 11) is 6.94. The summed E-state index contributed by atoms with van der Waals surface area (Å²) in [5.41, 5.74) is 1.47. The number of urea groups is 2. The molecule has 0 bridgehead atoms. The van der Waals surface area contributed by atoms with Gasteiger partial charge in [0.05, 0.1) is 19.7 Å². The van der Waals surface area contributed by atoms with Crippen LogP contribution in [0.2, 0.25) is 0 Å². The predicted octanol–water partition coefficient (Wildman–Crippen LogP) is 5.84. The molecule has 1 unspecified atom stereocenters. The average molecular weight is 574 g/mol. The van der Waals surface area contributed by atoms with Crippen LogP contribution in [0.15, 0.2) is 72.9 Å². The largest absolute Gasteiger partial charge is 0.493 e. The van der Waals surface area contributed by atoms with Gasteiger partial charge in [-0.05, 0) is 50.5 Å². The highest BCUT2D eigenvalue weighted by atomic mass is 19.1. The van der Waals surface area contributed by atoms with Gasteiger partial charge in [-0.25, -0.2) is 18.9 Å². The number of carbonyl (C=O) groups excluding carboxylic acids is 2. The number of hydrogen-bond acceptors (Lipinski definition) is 7. The second kappa shape index (κ2) is 12.3. The number of nitrogens with zero attached hydrogens (tertiary/aromatic N) is 4. The van der Waals surface area contributed by atoms with E-state index in [4.69, 9.17) is 14.2 Å². The molecule has 3 aromatic carbocycles. The van der Waals surface area contributed by atoms with Crippen LogP contribution in [-0.4, -0.2) is 74.8 Å². The van der Waals surface area contributed by atoms with Crippen LogP contribution in [0.1, 0.15) is 0 Å². The molecule has 5 rings (SSSR count). The lowest BCUT2D eigenvalue weighted by atomic mass is 10.0. The Morgan fingerprint density at radius 2 is 1.71 bits per heavy atom. The smallest absolute Gasteiger partial charge is 0.332 e. The van der Waals surface area contributed by atoms with Crippen molar-refractivity contribution in [3.8, 4) is 23.0 Å². The van der Waals surface area contributed by atoms with Crippen molar-refractivity contribution in [3.63, 3.8) is 0 Å². The van der Waals surface area contributed by atoms with Crippen LogP contribution >= 0.6 is 0 Å². The quantitative estimate of drug-likeness (QED) is 0.283. The fraction of sp³-hybridized carbons (Fsp3) is 0.258. The Bertz CT molecular complexity index is 1600. The zero-order chi connectivity index (χ0) is 29.8. The van der Waals surface area contributed by atoms with Crippen molar-refractivity contribution in [2.24, 2.45) is 5.92 Å². The topological polar surface area (TPSA) is 96.5 Å². The number of benzene rings is 3. The van der Waals surface area contributed by atoms with Crippen LogP contribution in [0.4, 0.5) is 25.4 Å². The summed E-state index contributed by atoms with van der Waals surface area (Å²) in [6.45, 7) is 1.40. The number of fused-ring (bicyclic) bond motifs is 1. The summed E-state index contributed by atoms with van der Waals surface area (Å²) in [5.74, 6) is 0.624. The number of aromatic nitrogens is 1. The number of pyridine rings is 1. The van der Waals surface area contributed by atoms with Gasteiger partial charge < -0.3 is 24.4 Å². The molecule has 4 aromatic rings. The average Bonchev–Trinajstić information content (AvgIpc) is 2.98. The van der Waals surface area contributed by atoms with Gasteiger partial charge in [0.15, 0.2) is 23.1 Å². The number of imide groups is 1. The van der Waals surface area contributed by atoms with Gasteiger partial charge in [-0.1, -0.05) is 18.2 Å². The molecular weight excluding hydrogens is 541 g/mol. The summed E-state index contributed by atoms with van der Waals surface area (Å²) in [5, 5.41) is 3.27. The second-order valence-corrected chi connectivity index (χ2v) is 10.2. The Hall–Kier alpha value is -4.90. The van der Waals surface area contributed by atoms with Gasteiger partial charge in [0.2, 0.25) is 0 Å². The number of amides is 4. The summed E-state index contributed by atoms with van der Waals surface area (Å²) >= 11 is 0. The first-order chi connectivity index (χ1) is 20.3. The fourth-order valence-corrected chi connectivity index (χ4v) is 5.01. The third kappa shape index (κ3) is 6.06. The number of methoxy groups -OCH3 is 2. The molecule has 0 spiro atoms. The van der Waals surface area contributed by atoms with E-state index >= 15 is 4.39 Å². The number of nitrogens with one attached hydrogen (secondary N) is 1. The number of anilines is 2. The molecule has 10 nitrogen and oxygen atoms in total. The van der Waals surface area contributed by atoms with E-state index in [2.05, 4.69) is 10.3 Å². The predicted molar refractivity (Wildman–Crippen MR) is 158 cm³/mol. The van der Waals surface area contributed by atoms with E-state index < -0.39 is 17.9 Å². The van der Waals surface area contributed by atoms with Gasteiger partial charge in [-0.15, -0.1) is 0 Å². The van der Waals surface area contributed by atoms with Gasteiger partial charge in [0.1, 0.15) is 5.75 Å². The molecule has 1 aliphatic rings. The third-order valence-corrected chi connectivity index (χ3v) is 6.89. The molecule has 4 amide bonds. The summed E-state index contributed by atoms with van der Waals surface area (Å²) in [6.07, 6.45) is 1.55. The molecule has 0 saturated carbocycles. The van der Waals surface area contributed by atoms with Crippen molar-refractivity contribution in [1.29, 1.82) is 0 Å². The molecular formula is C31H32FN5O5. The van der Waals surface area contributed by atoms with Gasteiger partial charge >= 0.3 is 12.1 Å². The van der Waals surface area contributed by atoms with E-state index in [1.165, 1.54) is 26.4 Å². The number of carbonyl (C=O) groups is 2. The van der Waals surface area contributed by atoms with Crippen molar-refractivity contribution in [2.75, 3.05) is 58.2 Å². The molecule has 1 fully saturated rings. The third-order valence-electron chi connectivity index (χ3n) is 6.89. The molecule has 1 saturated heterocycles. The first-order valence-corrected chi connectivity index (χ1v) is 13.3. The van der Waals surface area contributed by atoms with Crippen molar-refractivity contribution >= 4 is 34.3 Å². The maximum Gasteiger partial charge on any atom is 0.332 e. The fourth-order valence-electron chi connectivity index (χ4n) is 5.01. The van der Waals surface area contributed by atoms with Crippen molar-refractivity contribution in [3.05, 3.63) is 78.7 Å². The lowest BCUT2D eigenvalue weighted by Crippen LogP contribution is -2.58. The zero-order valence-electron chi connectivity index (χ0n) is 23.8. The highest BCUT2D eigenvalue weighted by Crippen LogP contribution is 2.37. The van der Waals surface area contributed by atoms with E-state index in [0.29, 0.717) is 46.9 Å². The normalized spacial score (nSPS) is 15.2. The van der Waals surface area contributed by atoms with Crippen molar-refractivity contribution in [1.82, 2.24) is 14.8 Å². The van der Waals surface area contributed by atoms with Crippen LogP contribution in [0.5, 0.6) is 23.0 Å². The molecule has 1 atom stereocenters. The molecule has 2 heterocycles. The number of para-hydroxylation sites is 1. The highest BCUT2D eigenvalue weighted by molar-refractivity contribution is 6.07. The first kappa shape index (κ1) is 28.6. The van der Waals surface area contributed by atoms with Gasteiger partial charge in [0, 0.05) is 60.6 Å². The monoisotopic (exact) mass is 573 g/mol. The van der Waals surface area contributed by atoms with E-state index in [-0.39, 0.29) is 23.9 Å². The number of hydrogen-bond donors (Lipinski definition) is 1. The number of halogens is 1. The van der Waals surface area contributed by atoms with Crippen molar-refractivity contribution in [2.45, 2.75) is 0 Å². The van der Waals surface area contributed by atoms with E-state index in [9.17, 15) is 9.59 Å². The van der Waals surface area contributed by atoms with Gasteiger partial charge in [0.25, 0.3) is 0 Å². The Morgan fingerprint density at radius 1 is 0.976 bits per heavy atom. The van der Waals surface area contributed by atoms with E-state index in [0.717, 1.165) is 11.0 Å². The molecule has 0 radical (unpaired) electrons. The van der Waals surface area contributed by atoms with Gasteiger partial charge in [-0.2, -0.15) is 0 Å². The minimum atomic E-state index is -0.695. The molecule has 42 heavy (non-hydrogen) atoms. The zero-order valence-corrected chi connectivity index (χ0v) is 23.8. The maximum atomic E-state index is 15.2. The van der Waals surface area contributed by atoms with Crippen LogP contribution < -0.4 is 24.4 Å².